The van der Waals surface area contributed by atoms with Crippen molar-refractivity contribution in [2.24, 2.45) is 17.3 Å². The summed E-state index contributed by atoms with van der Waals surface area (Å²) in [7, 11) is 0. The first kappa shape index (κ1) is 10.7. The lowest BCUT2D eigenvalue weighted by Gasteiger charge is -2.17. The first-order chi connectivity index (χ1) is 5.94. The van der Waals surface area contributed by atoms with Gasteiger partial charge in [-0.2, -0.15) is 0 Å². The Kier molecular flexibility index (Phi) is 3.15. The maximum absolute atomic E-state index is 11.3. The molecule has 76 valence electrons. The summed E-state index contributed by atoms with van der Waals surface area (Å²) >= 11 is 0. The largest absolute Gasteiger partial charge is 0.299 e. The number of hydrogen-bond acceptors (Lipinski definition) is 1. The van der Waals surface area contributed by atoms with E-state index in [9.17, 15) is 4.79 Å². The average molecular weight is 182 g/mol. The lowest BCUT2D eigenvalue weighted by Crippen LogP contribution is -2.06. The van der Waals surface area contributed by atoms with E-state index in [2.05, 4.69) is 20.8 Å². The van der Waals surface area contributed by atoms with Crippen LogP contribution in [-0.2, 0) is 4.79 Å². The molecule has 0 aromatic rings. The quantitative estimate of drug-likeness (QED) is 0.651. The molecule has 1 nitrogen and oxygen atoms in total. The van der Waals surface area contributed by atoms with Crippen LogP contribution in [0.2, 0.25) is 0 Å². The molecule has 0 aromatic heterocycles. The Morgan fingerprint density at radius 2 is 2.00 bits per heavy atom. The predicted molar refractivity (Wildman–Crippen MR) is 55.6 cm³/mol. The van der Waals surface area contributed by atoms with Gasteiger partial charge in [-0.15, -0.1) is 0 Å². The molecule has 1 aliphatic carbocycles. The molecule has 1 heteroatoms. The van der Waals surface area contributed by atoms with Gasteiger partial charge < -0.3 is 0 Å². The molecule has 0 saturated heterocycles. The molecule has 1 aliphatic rings. The fraction of sp³-hybridized carbons (Fsp3) is 0.917. The van der Waals surface area contributed by atoms with Gasteiger partial charge in [-0.1, -0.05) is 27.7 Å². The lowest BCUT2D eigenvalue weighted by atomic mass is 9.89. The molecule has 1 rings (SSSR count). The number of rotatable bonds is 4. The minimum Gasteiger partial charge on any atom is -0.299 e. The smallest absolute Gasteiger partial charge is 0.135 e. The van der Waals surface area contributed by atoms with Crippen LogP contribution in [0.15, 0.2) is 0 Å². The zero-order chi connectivity index (χ0) is 10.1. The van der Waals surface area contributed by atoms with Gasteiger partial charge in [-0.25, -0.2) is 0 Å². The van der Waals surface area contributed by atoms with Crippen LogP contribution in [0.4, 0.5) is 0 Å². The third kappa shape index (κ3) is 3.50. The zero-order valence-corrected chi connectivity index (χ0v) is 9.39. The molecule has 0 aliphatic heterocycles. The van der Waals surface area contributed by atoms with E-state index in [-0.39, 0.29) is 0 Å². The van der Waals surface area contributed by atoms with Crippen molar-refractivity contribution in [2.45, 2.75) is 53.4 Å². The molecule has 0 N–H and O–H groups in total. The average Bonchev–Trinajstić information content (AvgIpc) is 2.77. The maximum atomic E-state index is 11.3. The van der Waals surface area contributed by atoms with Gasteiger partial charge in [-0.3, -0.25) is 4.79 Å². The van der Waals surface area contributed by atoms with Crippen LogP contribution < -0.4 is 0 Å². The second-order valence-electron chi connectivity index (χ2n) is 5.52. The van der Waals surface area contributed by atoms with Crippen molar-refractivity contribution in [3.8, 4) is 0 Å². The van der Waals surface area contributed by atoms with E-state index in [1.807, 2.05) is 6.92 Å². The topological polar surface area (TPSA) is 17.1 Å². The summed E-state index contributed by atoms with van der Waals surface area (Å²) < 4.78 is 0. The standard InChI is InChI=1S/C12H22O/c1-5-11(13)10-8-9(10)6-7-12(2,3)4/h9-10H,5-8H2,1-4H3. The molecular formula is C12H22O. The van der Waals surface area contributed by atoms with Crippen LogP contribution in [0.25, 0.3) is 0 Å². The molecule has 0 spiro atoms. The van der Waals surface area contributed by atoms with E-state index in [1.54, 1.807) is 0 Å². The van der Waals surface area contributed by atoms with E-state index >= 15 is 0 Å². The lowest BCUT2D eigenvalue weighted by molar-refractivity contribution is -0.120. The van der Waals surface area contributed by atoms with E-state index < -0.39 is 0 Å². The molecule has 2 unspecified atom stereocenters. The van der Waals surface area contributed by atoms with Gasteiger partial charge in [0.05, 0.1) is 0 Å². The highest BCUT2D eigenvalue weighted by molar-refractivity contribution is 5.83. The first-order valence-electron chi connectivity index (χ1n) is 5.47. The Balaban J connectivity index is 2.18. The molecular weight excluding hydrogens is 160 g/mol. The molecule has 0 radical (unpaired) electrons. The molecule has 0 heterocycles. The summed E-state index contributed by atoms with van der Waals surface area (Å²) in [6, 6.07) is 0. The van der Waals surface area contributed by atoms with Crippen LogP contribution in [0.3, 0.4) is 0 Å². The van der Waals surface area contributed by atoms with Crippen LogP contribution in [0, 0.1) is 17.3 Å². The van der Waals surface area contributed by atoms with Crippen LogP contribution in [0.1, 0.15) is 53.4 Å². The Morgan fingerprint density at radius 1 is 1.38 bits per heavy atom. The summed E-state index contributed by atoms with van der Waals surface area (Å²) in [6.07, 6.45) is 4.41. The Bertz CT molecular complexity index is 188. The number of ketones is 1. The fourth-order valence-corrected chi connectivity index (χ4v) is 1.84. The zero-order valence-electron chi connectivity index (χ0n) is 9.39. The normalized spacial score (nSPS) is 27.4. The second kappa shape index (κ2) is 3.81. The number of carbonyl (C=O) groups is 1. The maximum Gasteiger partial charge on any atom is 0.135 e. The third-order valence-electron chi connectivity index (χ3n) is 2.95. The van der Waals surface area contributed by atoms with Crippen molar-refractivity contribution >= 4 is 5.78 Å². The Labute approximate surface area is 81.9 Å². The first-order valence-corrected chi connectivity index (χ1v) is 5.47. The van der Waals surface area contributed by atoms with Gasteiger partial charge >= 0.3 is 0 Å². The highest BCUT2D eigenvalue weighted by Gasteiger charge is 2.41. The van der Waals surface area contributed by atoms with Crippen molar-refractivity contribution in [3.05, 3.63) is 0 Å². The highest BCUT2D eigenvalue weighted by Crippen LogP contribution is 2.44. The highest BCUT2D eigenvalue weighted by atomic mass is 16.1. The monoisotopic (exact) mass is 182 g/mol. The van der Waals surface area contributed by atoms with E-state index in [1.165, 1.54) is 19.3 Å². The van der Waals surface area contributed by atoms with Gasteiger partial charge in [0, 0.05) is 12.3 Å². The van der Waals surface area contributed by atoms with Crippen molar-refractivity contribution in [1.82, 2.24) is 0 Å². The summed E-state index contributed by atoms with van der Waals surface area (Å²) in [6.45, 7) is 8.78. The van der Waals surface area contributed by atoms with Crippen molar-refractivity contribution in [2.75, 3.05) is 0 Å². The van der Waals surface area contributed by atoms with Gasteiger partial charge in [0.1, 0.15) is 5.78 Å². The van der Waals surface area contributed by atoms with Gasteiger partial charge in [0.2, 0.25) is 0 Å². The Hall–Kier alpha value is -0.330. The van der Waals surface area contributed by atoms with E-state index in [0.29, 0.717) is 17.1 Å². The molecule has 1 saturated carbocycles. The minimum absolute atomic E-state index is 0.433. The third-order valence-corrected chi connectivity index (χ3v) is 2.95. The molecule has 0 aromatic carbocycles. The summed E-state index contributed by atoms with van der Waals surface area (Å²) in [5.74, 6) is 1.65. The van der Waals surface area contributed by atoms with Crippen molar-refractivity contribution in [3.63, 3.8) is 0 Å². The predicted octanol–water partition coefficient (Wildman–Crippen LogP) is 3.43. The summed E-state index contributed by atoms with van der Waals surface area (Å²) in [4.78, 5) is 11.3. The SMILES string of the molecule is CCC(=O)C1CC1CCC(C)(C)C. The van der Waals surface area contributed by atoms with Crippen LogP contribution >= 0.6 is 0 Å². The number of Topliss-reactive ketones (excluding diaryl/α,β-unsaturated/α-hetero) is 1. The van der Waals surface area contributed by atoms with E-state index in [0.717, 1.165) is 12.3 Å². The van der Waals surface area contributed by atoms with Crippen molar-refractivity contribution in [1.29, 1.82) is 0 Å². The number of carbonyl (C=O) groups excluding carboxylic acids is 1. The second-order valence-corrected chi connectivity index (χ2v) is 5.52. The minimum atomic E-state index is 0.433. The molecule has 0 bridgehead atoms. The molecule has 13 heavy (non-hydrogen) atoms. The van der Waals surface area contributed by atoms with Gasteiger partial charge in [-0.05, 0) is 30.6 Å². The Morgan fingerprint density at radius 3 is 2.46 bits per heavy atom. The molecule has 0 amide bonds. The molecule has 2 atom stereocenters. The number of hydrogen-bond donors (Lipinski definition) is 0. The van der Waals surface area contributed by atoms with Crippen LogP contribution in [-0.4, -0.2) is 5.78 Å². The van der Waals surface area contributed by atoms with Crippen LogP contribution in [0.5, 0.6) is 0 Å². The molecule has 1 fully saturated rings. The summed E-state index contributed by atoms with van der Waals surface area (Å²) in [5.41, 5.74) is 0.433. The summed E-state index contributed by atoms with van der Waals surface area (Å²) in [5, 5.41) is 0. The van der Waals surface area contributed by atoms with E-state index in [4.69, 9.17) is 0 Å². The van der Waals surface area contributed by atoms with Gasteiger partial charge in [0.25, 0.3) is 0 Å². The van der Waals surface area contributed by atoms with Gasteiger partial charge in [0.15, 0.2) is 0 Å². The fourth-order valence-electron chi connectivity index (χ4n) is 1.84. The van der Waals surface area contributed by atoms with Crippen molar-refractivity contribution < 1.29 is 4.79 Å².